The van der Waals surface area contributed by atoms with Crippen LogP contribution in [-0.4, -0.2) is 10.2 Å². The Kier molecular flexibility index (Phi) is 3.27. The molecular formula is C14H11ClN4. The molecule has 1 aromatic heterocycles. The van der Waals surface area contributed by atoms with E-state index >= 15 is 0 Å². The summed E-state index contributed by atoms with van der Waals surface area (Å²) in [5.41, 5.74) is 5.61. The maximum atomic E-state index is 5.45. The number of hydrogen-bond acceptors (Lipinski definition) is 4. The van der Waals surface area contributed by atoms with Crippen LogP contribution in [0, 0.1) is 0 Å². The number of benzene rings is 2. The average Bonchev–Trinajstić information content (AvgIpc) is 2.48. The molecule has 0 aliphatic heterocycles. The summed E-state index contributed by atoms with van der Waals surface area (Å²) in [4.78, 5) is 2.39. The number of nitrogens with one attached hydrogen (secondary N) is 2. The van der Waals surface area contributed by atoms with Crippen LogP contribution in [0.4, 0.5) is 5.69 Å². The van der Waals surface area contributed by atoms with Gasteiger partial charge in [0.2, 0.25) is 0 Å². The Morgan fingerprint density at radius 1 is 1.00 bits per heavy atom. The fraction of sp³-hybridized carbons (Fsp3) is 0. The number of halogens is 1. The zero-order chi connectivity index (χ0) is 13.1. The lowest BCUT2D eigenvalue weighted by Crippen LogP contribution is -2.08. The van der Waals surface area contributed by atoms with Gasteiger partial charge in [-0.05, 0) is 23.9 Å². The van der Waals surface area contributed by atoms with E-state index in [1.807, 2.05) is 48.5 Å². The lowest BCUT2D eigenvalue weighted by molar-refractivity contribution is 1.06. The molecule has 0 bridgehead atoms. The molecule has 0 aliphatic carbocycles. The molecule has 0 spiro atoms. The van der Waals surface area contributed by atoms with Gasteiger partial charge in [-0.2, -0.15) is 5.10 Å². The zero-order valence-corrected chi connectivity index (χ0v) is 10.7. The summed E-state index contributed by atoms with van der Waals surface area (Å²) in [7, 11) is 0. The lowest BCUT2D eigenvalue weighted by Gasteiger charge is -2.07. The van der Waals surface area contributed by atoms with E-state index < -0.39 is 0 Å². The molecular weight excluding hydrogens is 260 g/mol. The predicted octanol–water partition coefficient (Wildman–Crippen LogP) is 3.37. The van der Waals surface area contributed by atoms with Gasteiger partial charge in [0.1, 0.15) is 5.69 Å². The van der Waals surface area contributed by atoms with Crippen molar-refractivity contribution in [2.24, 2.45) is 0 Å². The van der Waals surface area contributed by atoms with Crippen LogP contribution in [0.5, 0.6) is 0 Å². The van der Waals surface area contributed by atoms with Gasteiger partial charge < -0.3 is 5.43 Å². The van der Waals surface area contributed by atoms with E-state index in [9.17, 15) is 0 Å². The predicted molar refractivity (Wildman–Crippen MR) is 77.6 cm³/mol. The molecule has 1 heterocycles. The van der Waals surface area contributed by atoms with Gasteiger partial charge in [-0.25, -0.2) is 0 Å². The quantitative estimate of drug-likeness (QED) is 0.566. The highest BCUT2D eigenvalue weighted by Gasteiger charge is 2.06. The summed E-state index contributed by atoms with van der Waals surface area (Å²) < 4.78 is 0. The number of anilines is 1. The van der Waals surface area contributed by atoms with E-state index in [1.165, 1.54) is 0 Å². The van der Waals surface area contributed by atoms with Crippen molar-refractivity contribution >= 4 is 28.2 Å². The molecule has 0 fully saturated rings. The topological polar surface area (TPSA) is 49.8 Å². The molecule has 5 heteroatoms. The third kappa shape index (κ3) is 2.36. The summed E-state index contributed by atoms with van der Waals surface area (Å²) >= 11 is 5.45. The largest absolute Gasteiger partial charge is 0.308 e. The second-order valence-electron chi connectivity index (χ2n) is 4.08. The van der Waals surface area contributed by atoms with Crippen LogP contribution >= 0.6 is 11.8 Å². The molecule has 4 nitrogen and oxygen atoms in total. The van der Waals surface area contributed by atoms with Crippen LogP contribution in [0.1, 0.15) is 0 Å². The number of hydrogen-bond donors (Lipinski definition) is 2. The Bertz CT molecular complexity index is 700. The summed E-state index contributed by atoms with van der Waals surface area (Å²) in [5.74, 6) is 0. The Labute approximate surface area is 115 Å². The van der Waals surface area contributed by atoms with Crippen LogP contribution in [0.2, 0.25) is 0 Å². The van der Waals surface area contributed by atoms with Crippen molar-refractivity contribution in [3.05, 3.63) is 54.7 Å². The zero-order valence-electron chi connectivity index (χ0n) is 9.97. The lowest BCUT2D eigenvalue weighted by atomic mass is 10.0. The molecule has 0 saturated carbocycles. The monoisotopic (exact) mass is 270 g/mol. The van der Waals surface area contributed by atoms with Crippen molar-refractivity contribution in [2.45, 2.75) is 0 Å². The van der Waals surface area contributed by atoms with Gasteiger partial charge in [-0.1, -0.05) is 36.4 Å². The van der Waals surface area contributed by atoms with Gasteiger partial charge >= 0.3 is 0 Å². The maximum Gasteiger partial charge on any atom is 0.101 e. The van der Waals surface area contributed by atoms with E-state index in [-0.39, 0.29) is 0 Å². The number of nitrogens with zero attached hydrogens (tertiary/aromatic N) is 2. The highest BCUT2D eigenvalue weighted by molar-refractivity contribution is 6.14. The van der Waals surface area contributed by atoms with Gasteiger partial charge in [-0.3, -0.25) is 0 Å². The number of aromatic nitrogens is 2. The Morgan fingerprint density at radius 2 is 1.84 bits per heavy atom. The Morgan fingerprint density at radius 3 is 2.63 bits per heavy atom. The molecule has 2 aromatic carbocycles. The van der Waals surface area contributed by atoms with Gasteiger partial charge in [0.15, 0.2) is 0 Å². The third-order valence-electron chi connectivity index (χ3n) is 2.90. The van der Waals surface area contributed by atoms with Crippen molar-refractivity contribution in [3.8, 4) is 11.3 Å². The molecule has 0 unspecified atom stereocenters. The third-order valence-corrected chi connectivity index (χ3v) is 3.00. The first kappa shape index (κ1) is 11.9. The van der Waals surface area contributed by atoms with Crippen molar-refractivity contribution in [1.82, 2.24) is 15.1 Å². The van der Waals surface area contributed by atoms with Gasteiger partial charge in [-0.15, -0.1) is 10.0 Å². The molecule has 0 atom stereocenters. The van der Waals surface area contributed by atoms with Crippen molar-refractivity contribution < 1.29 is 0 Å². The molecule has 0 amide bonds. The minimum atomic E-state index is 0.858. The normalized spacial score (nSPS) is 10.6. The molecule has 19 heavy (non-hydrogen) atoms. The van der Waals surface area contributed by atoms with Crippen LogP contribution in [0.15, 0.2) is 54.7 Å². The van der Waals surface area contributed by atoms with Crippen LogP contribution in [0.3, 0.4) is 0 Å². The fourth-order valence-corrected chi connectivity index (χ4v) is 2.13. The van der Waals surface area contributed by atoms with Crippen molar-refractivity contribution in [3.63, 3.8) is 0 Å². The molecule has 0 radical (unpaired) electrons. The molecule has 94 valence electrons. The molecule has 0 saturated heterocycles. The van der Waals surface area contributed by atoms with Gasteiger partial charge in [0, 0.05) is 16.3 Å². The fourth-order valence-electron chi connectivity index (χ4n) is 2.02. The molecule has 2 N–H and O–H groups in total. The van der Waals surface area contributed by atoms with Crippen molar-refractivity contribution in [1.29, 1.82) is 0 Å². The van der Waals surface area contributed by atoms with Crippen LogP contribution in [-0.2, 0) is 0 Å². The van der Waals surface area contributed by atoms with E-state index in [1.54, 1.807) is 6.20 Å². The average molecular weight is 271 g/mol. The minimum Gasteiger partial charge on any atom is -0.308 e. The van der Waals surface area contributed by atoms with Gasteiger partial charge in [0.05, 0.1) is 11.9 Å². The van der Waals surface area contributed by atoms with Crippen LogP contribution in [0.25, 0.3) is 22.0 Å². The maximum absolute atomic E-state index is 5.45. The SMILES string of the molecule is ClNNc1ccc2cnnc(-c3ccccc3)c2c1. The summed E-state index contributed by atoms with van der Waals surface area (Å²) in [5, 5.41) is 10.4. The summed E-state index contributed by atoms with van der Waals surface area (Å²) in [6.45, 7) is 0. The van der Waals surface area contributed by atoms with Crippen molar-refractivity contribution in [2.75, 3.05) is 5.43 Å². The molecule has 3 rings (SSSR count). The van der Waals surface area contributed by atoms with E-state index in [0.717, 1.165) is 27.7 Å². The molecule has 3 aromatic rings. The second kappa shape index (κ2) is 5.22. The molecule has 0 aliphatic rings. The van der Waals surface area contributed by atoms with Crippen LogP contribution < -0.4 is 10.4 Å². The number of hydrazine groups is 1. The standard InChI is InChI=1S/C14H11ClN4/c15-19-17-12-7-6-11-9-16-18-14(13(11)8-12)10-4-2-1-3-5-10/h1-9,17,19H. The smallest absolute Gasteiger partial charge is 0.101 e. The number of fused-ring (bicyclic) bond motifs is 1. The highest BCUT2D eigenvalue weighted by atomic mass is 35.5. The Hall–Kier alpha value is -2.17. The van der Waals surface area contributed by atoms with E-state index in [4.69, 9.17) is 11.8 Å². The first-order valence-corrected chi connectivity index (χ1v) is 6.19. The van der Waals surface area contributed by atoms with E-state index in [2.05, 4.69) is 20.6 Å². The highest BCUT2D eigenvalue weighted by Crippen LogP contribution is 2.27. The number of rotatable bonds is 3. The first-order chi connectivity index (χ1) is 9.38. The van der Waals surface area contributed by atoms with E-state index in [0.29, 0.717) is 0 Å². The summed E-state index contributed by atoms with van der Waals surface area (Å²) in [6.07, 6.45) is 1.75. The van der Waals surface area contributed by atoms with Gasteiger partial charge in [0.25, 0.3) is 0 Å². The Balaban J connectivity index is 2.21. The minimum absolute atomic E-state index is 0.858. The first-order valence-electron chi connectivity index (χ1n) is 5.81. The summed E-state index contributed by atoms with van der Waals surface area (Å²) in [6, 6.07) is 15.9. The second-order valence-corrected chi connectivity index (χ2v) is 4.27.